The number of anilines is 1. The lowest BCUT2D eigenvalue weighted by molar-refractivity contribution is -0.118. The van der Waals surface area contributed by atoms with Crippen LogP contribution in [-0.2, 0) is 4.79 Å². The van der Waals surface area contributed by atoms with Crippen molar-refractivity contribution in [1.82, 2.24) is 9.66 Å². The average molecular weight is 642 g/mol. The van der Waals surface area contributed by atoms with Crippen molar-refractivity contribution < 1.29 is 13.9 Å². The lowest BCUT2D eigenvalue weighted by Crippen LogP contribution is -2.21. The molecule has 0 unspecified atom stereocenters. The number of benzene rings is 4. The Labute approximate surface area is 253 Å². The molecule has 0 saturated carbocycles. The van der Waals surface area contributed by atoms with Gasteiger partial charge in [-0.3, -0.25) is 9.59 Å². The first kappa shape index (κ1) is 27.4. The summed E-state index contributed by atoms with van der Waals surface area (Å²) in [6.45, 7) is 1.64. The summed E-state index contributed by atoms with van der Waals surface area (Å²) in [5.41, 5.74) is 2.86. The number of carbonyl (C=O) groups excluding carboxylic acids is 1. The third-order valence-corrected chi connectivity index (χ3v) is 7.32. The van der Waals surface area contributed by atoms with Crippen LogP contribution in [0.15, 0.2) is 110 Å². The van der Waals surface area contributed by atoms with Crippen LogP contribution in [0.3, 0.4) is 0 Å². The minimum absolute atomic E-state index is 0.229. The number of amides is 1. The highest BCUT2D eigenvalue weighted by Crippen LogP contribution is 2.32. The minimum Gasteiger partial charge on any atom is -0.482 e. The van der Waals surface area contributed by atoms with Crippen molar-refractivity contribution in [2.24, 2.45) is 5.10 Å². The van der Waals surface area contributed by atoms with E-state index >= 15 is 0 Å². The summed E-state index contributed by atoms with van der Waals surface area (Å²) in [6, 6.07) is 27.1. The molecular weight excluding hydrogens is 620 g/mol. The number of halogens is 2. The van der Waals surface area contributed by atoms with Gasteiger partial charge in [-0.2, -0.15) is 9.78 Å². The molecule has 0 bridgehead atoms. The summed E-state index contributed by atoms with van der Waals surface area (Å²) >= 11 is 9.82. The number of nitrogens with zero attached hydrogens (tertiary/aromatic N) is 3. The van der Waals surface area contributed by atoms with E-state index < -0.39 is 0 Å². The first-order valence-electron chi connectivity index (χ1n) is 12.9. The molecule has 0 aliphatic heterocycles. The number of hydrogen-bond acceptors (Lipinski definition) is 6. The Kier molecular flexibility index (Phi) is 7.60. The highest BCUT2D eigenvalue weighted by molar-refractivity contribution is 9.10. The Morgan fingerprint density at radius 1 is 1.07 bits per heavy atom. The fraction of sp³-hybridized carbons (Fsp3) is 0.0625. The molecule has 208 valence electrons. The highest BCUT2D eigenvalue weighted by atomic mass is 79.9. The largest absolute Gasteiger partial charge is 0.482 e. The predicted molar refractivity (Wildman–Crippen MR) is 169 cm³/mol. The van der Waals surface area contributed by atoms with Crippen LogP contribution in [0.5, 0.6) is 5.75 Å². The lowest BCUT2D eigenvalue weighted by atomic mass is 10.2. The van der Waals surface area contributed by atoms with Crippen molar-refractivity contribution in [2.45, 2.75) is 6.92 Å². The molecule has 42 heavy (non-hydrogen) atoms. The maximum Gasteiger partial charge on any atom is 0.282 e. The second-order valence-corrected chi connectivity index (χ2v) is 10.7. The van der Waals surface area contributed by atoms with Gasteiger partial charge in [0.15, 0.2) is 12.4 Å². The summed E-state index contributed by atoms with van der Waals surface area (Å²) in [4.78, 5) is 31.0. The Bertz CT molecular complexity index is 2040. The van der Waals surface area contributed by atoms with E-state index in [4.69, 9.17) is 25.7 Å². The summed E-state index contributed by atoms with van der Waals surface area (Å²) < 4.78 is 13.7. The van der Waals surface area contributed by atoms with Gasteiger partial charge in [-0.05, 0) is 70.9 Å². The van der Waals surface area contributed by atoms with Crippen LogP contribution in [-0.4, -0.2) is 28.4 Å². The minimum atomic E-state index is -0.381. The monoisotopic (exact) mass is 640 g/mol. The molecule has 0 spiro atoms. The SMILES string of the molecule is Cc1ccccc1NC(=O)COc1c(Br)cc(Cl)cc1C=Nn1c(-c2cc3ccccc3o2)nc2ccccc2c1=O. The molecule has 1 N–H and O–H groups in total. The van der Waals surface area contributed by atoms with Crippen molar-refractivity contribution >= 4 is 67.2 Å². The predicted octanol–water partition coefficient (Wildman–Crippen LogP) is 7.43. The van der Waals surface area contributed by atoms with Gasteiger partial charge < -0.3 is 14.5 Å². The van der Waals surface area contributed by atoms with Gasteiger partial charge in [0.05, 0.1) is 21.6 Å². The van der Waals surface area contributed by atoms with Gasteiger partial charge in [-0.15, -0.1) is 0 Å². The van der Waals surface area contributed by atoms with Crippen LogP contribution in [0.2, 0.25) is 5.02 Å². The smallest absolute Gasteiger partial charge is 0.282 e. The molecule has 0 radical (unpaired) electrons. The van der Waals surface area contributed by atoms with E-state index in [0.717, 1.165) is 10.9 Å². The molecule has 0 aliphatic carbocycles. The Hall–Kier alpha value is -4.73. The molecule has 10 heteroatoms. The molecular formula is C32H22BrClN4O4. The molecule has 0 aliphatic rings. The number of aryl methyl sites for hydroxylation is 1. The fourth-order valence-electron chi connectivity index (χ4n) is 4.47. The van der Waals surface area contributed by atoms with Gasteiger partial charge in [-0.25, -0.2) is 4.98 Å². The van der Waals surface area contributed by atoms with Crippen molar-refractivity contribution in [3.63, 3.8) is 0 Å². The zero-order chi connectivity index (χ0) is 29.2. The van der Waals surface area contributed by atoms with Gasteiger partial charge >= 0.3 is 0 Å². The van der Waals surface area contributed by atoms with E-state index in [1.165, 1.54) is 10.9 Å². The molecule has 2 heterocycles. The first-order chi connectivity index (χ1) is 20.4. The second-order valence-electron chi connectivity index (χ2n) is 9.42. The maximum atomic E-state index is 13.6. The van der Waals surface area contributed by atoms with Crippen LogP contribution in [0.1, 0.15) is 11.1 Å². The van der Waals surface area contributed by atoms with E-state index in [-0.39, 0.29) is 23.9 Å². The molecule has 1 amide bonds. The first-order valence-corrected chi connectivity index (χ1v) is 14.1. The van der Waals surface area contributed by atoms with E-state index in [1.807, 2.05) is 67.6 Å². The van der Waals surface area contributed by atoms with Gasteiger partial charge in [0.25, 0.3) is 11.5 Å². The molecule has 6 aromatic rings. The number of ether oxygens (including phenoxy) is 1. The molecule has 4 aromatic carbocycles. The van der Waals surface area contributed by atoms with Crippen LogP contribution in [0.4, 0.5) is 5.69 Å². The van der Waals surface area contributed by atoms with Crippen LogP contribution in [0.25, 0.3) is 33.5 Å². The third-order valence-electron chi connectivity index (χ3n) is 6.52. The van der Waals surface area contributed by atoms with Crippen LogP contribution >= 0.6 is 27.5 Å². The summed E-state index contributed by atoms with van der Waals surface area (Å²) in [5.74, 6) is 0.603. The number of fused-ring (bicyclic) bond motifs is 2. The average Bonchev–Trinajstić information content (AvgIpc) is 3.41. The number of aromatic nitrogens is 2. The molecule has 0 saturated heterocycles. The third kappa shape index (κ3) is 5.57. The molecule has 2 aromatic heterocycles. The second kappa shape index (κ2) is 11.6. The summed E-state index contributed by atoms with van der Waals surface area (Å²) in [7, 11) is 0. The zero-order valence-electron chi connectivity index (χ0n) is 22.2. The molecule has 0 atom stereocenters. The zero-order valence-corrected chi connectivity index (χ0v) is 24.5. The lowest BCUT2D eigenvalue weighted by Gasteiger charge is -2.13. The number of carbonyl (C=O) groups is 1. The molecule has 0 fully saturated rings. The summed E-state index contributed by atoms with van der Waals surface area (Å²) in [6.07, 6.45) is 1.44. The number of furan rings is 1. The number of hydrogen-bond donors (Lipinski definition) is 1. The van der Waals surface area contributed by atoms with Crippen molar-refractivity contribution in [1.29, 1.82) is 0 Å². The topological polar surface area (TPSA) is 98.7 Å². The number of rotatable bonds is 7. The van der Waals surface area contributed by atoms with E-state index in [9.17, 15) is 9.59 Å². The fourth-order valence-corrected chi connectivity index (χ4v) is 5.42. The maximum absolute atomic E-state index is 13.6. The van der Waals surface area contributed by atoms with Gasteiger partial charge in [0, 0.05) is 21.7 Å². The van der Waals surface area contributed by atoms with Crippen molar-refractivity contribution in [3.05, 3.63) is 122 Å². The normalized spacial score (nSPS) is 11.4. The van der Waals surface area contributed by atoms with E-state index in [2.05, 4.69) is 26.3 Å². The Morgan fingerprint density at radius 2 is 1.83 bits per heavy atom. The van der Waals surface area contributed by atoms with Crippen LogP contribution in [0, 0.1) is 6.92 Å². The Balaban J connectivity index is 1.38. The van der Waals surface area contributed by atoms with Gasteiger partial charge in [0.2, 0.25) is 5.82 Å². The standard InChI is InChI=1S/C32H22BrClN4O4/c1-19-8-2-5-11-25(19)36-29(39)18-41-30-21(14-22(34)16-24(30)33)17-35-38-31(28-15-20-9-3-7-13-27(20)42-28)37-26-12-6-4-10-23(26)32(38)40/h2-17H,18H2,1H3,(H,36,39). The highest BCUT2D eigenvalue weighted by Gasteiger charge is 2.17. The van der Waals surface area contributed by atoms with Crippen LogP contribution < -0.4 is 15.6 Å². The van der Waals surface area contributed by atoms with E-state index in [1.54, 1.807) is 30.3 Å². The number of para-hydroxylation sites is 3. The van der Waals surface area contributed by atoms with Gasteiger partial charge in [0.1, 0.15) is 11.3 Å². The quantitative estimate of drug-likeness (QED) is 0.183. The number of nitrogens with one attached hydrogen (secondary N) is 1. The Morgan fingerprint density at radius 3 is 2.67 bits per heavy atom. The molecule has 8 nitrogen and oxygen atoms in total. The van der Waals surface area contributed by atoms with Crippen molar-refractivity contribution in [3.8, 4) is 17.3 Å². The van der Waals surface area contributed by atoms with Crippen molar-refractivity contribution in [2.75, 3.05) is 11.9 Å². The molecule has 6 rings (SSSR count). The summed E-state index contributed by atoms with van der Waals surface area (Å²) in [5, 5.41) is 9.03. The van der Waals surface area contributed by atoms with Gasteiger partial charge in [-0.1, -0.05) is 60.1 Å². The van der Waals surface area contributed by atoms with E-state index in [0.29, 0.717) is 48.7 Å².